The fourth-order valence-corrected chi connectivity index (χ4v) is 4.65. The summed E-state index contributed by atoms with van der Waals surface area (Å²) in [5, 5.41) is 13.6. The van der Waals surface area contributed by atoms with E-state index < -0.39 is 6.03 Å². The third kappa shape index (κ3) is 7.52. The van der Waals surface area contributed by atoms with Crippen molar-refractivity contribution < 1.29 is 14.3 Å². The molecule has 42 heavy (non-hydrogen) atoms. The molecule has 218 valence electrons. The number of hydrogen-bond donors (Lipinski definition) is 3. The number of pyridine rings is 1. The highest BCUT2D eigenvalue weighted by Gasteiger charge is 2.22. The molecule has 2 aromatic heterocycles. The molecule has 3 amide bonds. The monoisotopic (exact) mass is 567 g/mol. The SMILES string of the molecule is CC(C)(C)c1cc(NC(=O)Nc2ccc(Oc3ccncc3)cc2)n(-c2ccc(C(=O)NCCN3CCCC3)cc2)n1. The van der Waals surface area contributed by atoms with Crippen LogP contribution in [0.15, 0.2) is 79.1 Å². The standard InChI is InChI=1S/C32H37N7O3/c1-32(2,3)28-22-29(36-31(41)35-24-8-12-26(13-9-24)42-27-14-16-33-17-15-27)39(37-28)25-10-6-23(7-11-25)30(40)34-18-21-38-19-4-5-20-38/h6-17,22H,4-5,18-21H2,1-3H3,(H,34,40)(H2,35,36,41). The number of hydrogen-bond acceptors (Lipinski definition) is 6. The van der Waals surface area contributed by atoms with Gasteiger partial charge in [-0.1, -0.05) is 20.8 Å². The largest absolute Gasteiger partial charge is 0.457 e. The molecule has 0 aliphatic carbocycles. The molecule has 3 N–H and O–H groups in total. The number of carbonyl (C=O) groups is 2. The highest BCUT2D eigenvalue weighted by atomic mass is 16.5. The van der Waals surface area contributed by atoms with Crippen LogP contribution < -0.4 is 20.7 Å². The molecule has 10 heteroatoms. The van der Waals surface area contributed by atoms with E-state index in [1.165, 1.54) is 12.8 Å². The van der Waals surface area contributed by atoms with Gasteiger partial charge in [-0.2, -0.15) is 5.10 Å². The van der Waals surface area contributed by atoms with Crippen molar-refractivity contribution in [1.29, 1.82) is 0 Å². The Hall–Kier alpha value is -4.70. The van der Waals surface area contributed by atoms with Gasteiger partial charge in [0, 0.05) is 48.2 Å². The first kappa shape index (κ1) is 28.8. The van der Waals surface area contributed by atoms with Crippen molar-refractivity contribution in [1.82, 2.24) is 25.0 Å². The van der Waals surface area contributed by atoms with Crippen molar-refractivity contribution in [2.75, 3.05) is 36.8 Å². The fraction of sp³-hybridized carbons (Fsp3) is 0.312. The van der Waals surface area contributed by atoms with Crippen LogP contribution in [0.4, 0.5) is 16.3 Å². The molecule has 1 aliphatic heterocycles. The Bertz CT molecular complexity index is 1490. The van der Waals surface area contributed by atoms with Crippen LogP contribution in [0.5, 0.6) is 11.5 Å². The minimum Gasteiger partial charge on any atom is -0.457 e. The maximum Gasteiger partial charge on any atom is 0.324 e. The number of nitrogens with zero attached hydrogens (tertiary/aromatic N) is 4. The zero-order chi connectivity index (χ0) is 29.5. The molecular weight excluding hydrogens is 530 g/mol. The number of amides is 3. The van der Waals surface area contributed by atoms with Crippen molar-refractivity contribution in [2.45, 2.75) is 39.0 Å². The Morgan fingerprint density at radius 1 is 0.881 bits per heavy atom. The lowest BCUT2D eigenvalue weighted by Gasteiger charge is -2.15. The lowest BCUT2D eigenvalue weighted by Crippen LogP contribution is -2.33. The van der Waals surface area contributed by atoms with E-state index in [0.717, 1.165) is 31.0 Å². The van der Waals surface area contributed by atoms with Crippen LogP contribution >= 0.6 is 0 Å². The number of nitrogens with one attached hydrogen (secondary N) is 3. The highest BCUT2D eigenvalue weighted by molar-refractivity contribution is 5.99. The number of carbonyl (C=O) groups excluding carboxylic acids is 2. The normalized spacial score (nSPS) is 13.5. The predicted molar refractivity (Wildman–Crippen MR) is 164 cm³/mol. The van der Waals surface area contributed by atoms with Gasteiger partial charge in [0.25, 0.3) is 5.91 Å². The van der Waals surface area contributed by atoms with Gasteiger partial charge in [-0.25, -0.2) is 9.48 Å². The zero-order valence-corrected chi connectivity index (χ0v) is 24.3. The van der Waals surface area contributed by atoms with Gasteiger partial charge in [0.15, 0.2) is 0 Å². The molecule has 1 fully saturated rings. The number of anilines is 2. The lowest BCUT2D eigenvalue weighted by atomic mass is 9.92. The highest BCUT2D eigenvalue weighted by Crippen LogP contribution is 2.27. The van der Waals surface area contributed by atoms with E-state index in [-0.39, 0.29) is 11.3 Å². The second-order valence-corrected chi connectivity index (χ2v) is 11.3. The van der Waals surface area contributed by atoms with Gasteiger partial charge in [0.1, 0.15) is 17.3 Å². The van der Waals surface area contributed by atoms with E-state index in [1.807, 2.05) is 18.2 Å². The van der Waals surface area contributed by atoms with Crippen LogP contribution in [0.2, 0.25) is 0 Å². The molecule has 0 unspecified atom stereocenters. The van der Waals surface area contributed by atoms with Crippen LogP contribution in [0.25, 0.3) is 5.69 Å². The average Bonchev–Trinajstić information content (AvgIpc) is 3.65. The number of urea groups is 1. The molecule has 3 heterocycles. The van der Waals surface area contributed by atoms with E-state index >= 15 is 0 Å². The molecule has 0 radical (unpaired) electrons. The number of rotatable bonds is 9. The fourth-order valence-electron chi connectivity index (χ4n) is 4.65. The van der Waals surface area contributed by atoms with E-state index in [0.29, 0.717) is 35.1 Å². The summed E-state index contributed by atoms with van der Waals surface area (Å²) in [6.45, 7) is 9.89. The molecule has 0 atom stereocenters. The summed E-state index contributed by atoms with van der Waals surface area (Å²) in [4.78, 5) is 32.0. The number of aromatic nitrogens is 3. The topological polar surface area (TPSA) is 113 Å². The third-order valence-corrected chi connectivity index (χ3v) is 7.00. The maximum absolute atomic E-state index is 13.0. The van der Waals surface area contributed by atoms with Crippen molar-refractivity contribution in [2.24, 2.45) is 0 Å². The maximum atomic E-state index is 13.0. The summed E-state index contributed by atoms with van der Waals surface area (Å²) in [6.07, 6.45) is 5.78. The van der Waals surface area contributed by atoms with Crippen LogP contribution in [-0.2, 0) is 5.41 Å². The Balaban J connectivity index is 1.24. The van der Waals surface area contributed by atoms with Gasteiger partial charge < -0.3 is 20.3 Å². The first-order valence-electron chi connectivity index (χ1n) is 14.2. The lowest BCUT2D eigenvalue weighted by molar-refractivity contribution is 0.0949. The summed E-state index contributed by atoms with van der Waals surface area (Å²) in [6, 6.07) is 19.3. The van der Waals surface area contributed by atoms with Crippen LogP contribution in [-0.4, -0.2) is 57.8 Å². The van der Waals surface area contributed by atoms with Crippen molar-refractivity contribution >= 4 is 23.4 Å². The summed E-state index contributed by atoms with van der Waals surface area (Å²) >= 11 is 0. The molecule has 0 spiro atoms. The summed E-state index contributed by atoms with van der Waals surface area (Å²) in [5.74, 6) is 1.73. The van der Waals surface area contributed by atoms with Gasteiger partial charge in [0.2, 0.25) is 0 Å². The Kier molecular flexibility index (Phi) is 8.83. The van der Waals surface area contributed by atoms with Crippen LogP contribution in [0.1, 0.15) is 49.7 Å². The summed E-state index contributed by atoms with van der Waals surface area (Å²) < 4.78 is 7.47. The number of ether oxygens (including phenoxy) is 1. The molecule has 4 aromatic rings. The van der Waals surface area contributed by atoms with Crippen molar-refractivity contribution in [3.05, 3.63) is 90.4 Å². The van der Waals surface area contributed by atoms with Gasteiger partial charge in [0.05, 0.1) is 11.4 Å². The van der Waals surface area contributed by atoms with Crippen LogP contribution in [0.3, 0.4) is 0 Å². The molecule has 10 nitrogen and oxygen atoms in total. The number of benzene rings is 2. The summed E-state index contributed by atoms with van der Waals surface area (Å²) in [7, 11) is 0. The average molecular weight is 568 g/mol. The van der Waals surface area contributed by atoms with E-state index in [9.17, 15) is 9.59 Å². The van der Waals surface area contributed by atoms with Gasteiger partial charge in [-0.3, -0.25) is 15.1 Å². The molecular formula is C32H37N7O3. The second-order valence-electron chi connectivity index (χ2n) is 11.3. The van der Waals surface area contributed by atoms with E-state index in [2.05, 4.69) is 46.6 Å². The minimum atomic E-state index is -0.409. The molecule has 5 rings (SSSR count). The van der Waals surface area contributed by atoms with Gasteiger partial charge in [-0.05, 0) is 86.6 Å². The molecule has 0 bridgehead atoms. The minimum absolute atomic E-state index is 0.105. The first-order chi connectivity index (χ1) is 20.2. The first-order valence-corrected chi connectivity index (χ1v) is 14.2. The second kappa shape index (κ2) is 12.9. The molecule has 1 saturated heterocycles. The molecule has 1 aliphatic rings. The zero-order valence-electron chi connectivity index (χ0n) is 24.3. The molecule has 0 saturated carbocycles. The Labute approximate surface area is 246 Å². The smallest absolute Gasteiger partial charge is 0.324 e. The van der Waals surface area contributed by atoms with E-state index in [1.54, 1.807) is 65.6 Å². The van der Waals surface area contributed by atoms with E-state index in [4.69, 9.17) is 9.84 Å². The summed E-state index contributed by atoms with van der Waals surface area (Å²) in [5.41, 5.74) is 2.49. The quantitative estimate of drug-likeness (QED) is 0.235. The van der Waals surface area contributed by atoms with Crippen molar-refractivity contribution in [3.63, 3.8) is 0 Å². The van der Waals surface area contributed by atoms with Gasteiger partial charge in [-0.15, -0.1) is 0 Å². The van der Waals surface area contributed by atoms with Gasteiger partial charge >= 0.3 is 6.03 Å². The Morgan fingerprint density at radius 3 is 2.21 bits per heavy atom. The van der Waals surface area contributed by atoms with Crippen LogP contribution in [0, 0.1) is 0 Å². The third-order valence-electron chi connectivity index (χ3n) is 7.00. The molecule has 2 aromatic carbocycles. The van der Waals surface area contributed by atoms with Crippen molar-refractivity contribution in [3.8, 4) is 17.2 Å². The number of likely N-dealkylation sites (tertiary alicyclic amines) is 1. The predicted octanol–water partition coefficient (Wildman–Crippen LogP) is 5.83. The Morgan fingerprint density at radius 2 is 1.55 bits per heavy atom.